The van der Waals surface area contributed by atoms with E-state index in [0.29, 0.717) is 30.9 Å². The number of nitrogens with zero attached hydrogens (tertiary/aromatic N) is 3. The molecule has 1 fully saturated rings. The number of fused-ring (bicyclic) bond motifs is 1. The van der Waals surface area contributed by atoms with Gasteiger partial charge in [0.15, 0.2) is 11.7 Å². The quantitative estimate of drug-likeness (QED) is 0.131. The standard InChI is InChI=1S/C33H31N3O6/c37-36(38)28-18-10-17-27-30(28)34-23-35(27)33-32(41-21-26-15-8-3-9-16-26)31(40-20-25-13-6-2-7-14-25)29(42-33)22-39-19-24-11-4-1-5-12-24/h1-18,23,29,31-33H,19-22H2. The molecule has 4 atom stereocenters. The number of non-ortho nitro benzene ring substituents is 1. The van der Waals surface area contributed by atoms with Crippen LogP contribution in [0.5, 0.6) is 0 Å². The van der Waals surface area contributed by atoms with E-state index in [0.717, 1.165) is 16.7 Å². The van der Waals surface area contributed by atoms with Crippen LogP contribution in [0.4, 0.5) is 5.69 Å². The van der Waals surface area contributed by atoms with Crippen LogP contribution in [0.25, 0.3) is 11.0 Å². The fraction of sp³-hybridized carbons (Fsp3) is 0.242. The second-order valence-electron chi connectivity index (χ2n) is 10.1. The molecule has 9 heteroatoms. The van der Waals surface area contributed by atoms with Crippen molar-refractivity contribution in [2.24, 2.45) is 0 Å². The van der Waals surface area contributed by atoms with Gasteiger partial charge in [-0.05, 0) is 22.8 Å². The molecule has 0 bridgehead atoms. The van der Waals surface area contributed by atoms with Gasteiger partial charge < -0.3 is 23.5 Å². The predicted molar refractivity (Wildman–Crippen MR) is 156 cm³/mol. The first kappa shape index (κ1) is 27.7. The van der Waals surface area contributed by atoms with Crippen LogP contribution in [0, 0.1) is 10.1 Å². The summed E-state index contributed by atoms with van der Waals surface area (Å²) in [4.78, 5) is 15.7. The highest BCUT2D eigenvalue weighted by molar-refractivity contribution is 5.84. The molecule has 42 heavy (non-hydrogen) atoms. The maximum absolute atomic E-state index is 11.7. The van der Waals surface area contributed by atoms with Crippen molar-refractivity contribution in [1.82, 2.24) is 9.55 Å². The first-order valence-electron chi connectivity index (χ1n) is 13.9. The number of hydrogen-bond donors (Lipinski definition) is 0. The van der Waals surface area contributed by atoms with Crippen molar-refractivity contribution in [3.8, 4) is 0 Å². The molecule has 6 rings (SSSR count). The Morgan fingerprint density at radius 3 is 1.90 bits per heavy atom. The SMILES string of the molecule is O=[N+]([O-])c1cccc2c1ncn2C1OC(COCc2ccccc2)C(OCc2ccccc2)C1OCc1ccccc1. The lowest BCUT2D eigenvalue weighted by atomic mass is 10.1. The zero-order chi connectivity index (χ0) is 28.7. The molecule has 0 spiro atoms. The maximum Gasteiger partial charge on any atom is 0.297 e. The topological polar surface area (TPSA) is 97.9 Å². The summed E-state index contributed by atoms with van der Waals surface area (Å²) in [5, 5.41) is 11.7. The first-order chi connectivity index (χ1) is 20.7. The molecule has 9 nitrogen and oxygen atoms in total. The number of benzene rings is 4. The molecule has 5 aromatic rings. The minimum Gasteiger partial charge on any atom is -0.374 e. The van der Waals surface area contributed by atoms with E-state index >= 15 is 0 Å². The lowest BCUT2D eigenvalue weighted by Gasteiger charge is -2.25. The summed E-state index contributed by atoms with van der Waals surface area (Å²) in [6.07, 6.45) is -0.615. The third kappa shape index (κ3) is 6.24. The Morgan fingerprint density at radius 1 is 0.738 bits per heavy atom. The van der Waals surface area contributed by atoms with E-state index in [1.807, 2.05) is 91.0 Å². The van der Waals surface area contributed by atoms with Crippen molar-refractivity contribution in [3.63, 3.8) is 0 Å². The Balaban J connectivity index is 1.32. The molecular weight excluding hydrogens is 534 g/mol. The Kier molecular flexibility index (Phi) is 8.62. The molecule has 0 aliphatic carbocycles. The molecule has 214 valence electrons. The molecule has 2 heterocycles. The normalized spacial score (nSPS) is 20.2. The van der Waals surface area contributed by atoms with Crippen molar-refractivity contribution in [2.45, 2.75) is 44.4 Å². The number of ether oxygens (including phenoxy) is 4. The van der Waals surface area contributed by atoms with E-state index in [9.17, 15) is 10.1 Å². The van der Waals surface area contributed by atoms with Gasteiger partial charge in [0.05, 0.1) is 43.2 Å². The number of nitro benzene ring substituents is 1. The summed E-state index contributed by atoms with van der Waals surface area (Å²) in [6, 6.07) is 34.7. The summed E-state index contributed by atoms with van der Waals surface area (Å²) in [6.45, 7) is 1.38. The third-order valence-electron chi connectivity index (χ3n) is 7.30. The zero-order valence-corrected chi connectivity index (χ0v) is 22.9. The molecular formula is C33H31N3O6. The maximum atomic E-state index is 11.7. The van der Waals surface area contributed by atoms with Crippen molar-refractivity contribution in [1.29, 1.82) is 0 Å². The number of para-hydroxylation sites is 1. The molecule has 1 saturated heterocycles. The lowest BCUT2D eigenvalue weighted by Crippen LogP contribution is -2.38. The van der Waals surface area contributed by atoms with Crippen LogP contribution < -0.4 is 0 Å². The first-order valence-corrected chi connectivity index (χ1v) is 13.9. The van der Waals surface area contributed by atoms with Crippen LogP contribution in [0.2, 0.25) is 0 Å². The Hall–Kier alpha value is -4.41. The average molecular weight is 566 g/mol. The molecule has 0 radical (unpaired) electrons. The third-order valence-corrected chi connectivity index (χ3v) is 7.30. The molecule has 0 saturated carbocycles. The van der Waals surface area contributed by atoms with Gasteiger partial charge in [-0.25, -0.2) is 4.98 Å². The Labute approximate surface area is 243 Å². The smallest absolute Gasteiger partial charge is 0.297 e. The molecule has 0 amide bonds. The largest absolute Gasteiger partial charge is 0.374 e. The lowest BCUT2D eigenvalue weighted by molar-refractivity contribution is -0.383. The number of imidazole rings is 1. The van der Waals surface area contributed by atoms with Crippen LogP contribution in [-0.4, -0.2) is 39.4 Å². The molecule has 1 aliphatic heterocycles. The van der Waals surface area contributed by atoms with E-state index < -0.39 is 29.5 Å². The summed E-state index contributed by atoms with van der Waals surface area (Å²) in [5.41, 5.74) is 3.89. The second-order valence-corrected chi connectivity index (χ2v) is 10.1. The van der Waals surface area contributed by atoms with Crippen molar-refractivity contribution >= 4 is 16.7 Å². The number of nitro groups is 1. The highest BCUT2D eigenvalue weighted by atomic mass is 16.6. The van der Waals surface area contributed by atoms with Gasteiger partial charge in [0.2, 0.25) is 0 Å². The molecule has 4 unspecified atom stereocenters. The van der Waals surface area contributed by atoms with Crippen LogP contribution in [0.1, 0.15) is 22.9 Å². The van der Waals surface area contributed by atoms with Crippen molar-refractivity contribution in [2.75, 3.05) is 6.61 Å². The monoisotopic (exact) mass is 565 g/mol. The van der Waals surface area contributed by atoms with E-state index in [-0.39, 0.29) is 12.3 Å². The fourth-order valence-corrected chi connectivity index (χ4v) is 5.24. The fourth-order valence-electron chi connectivity index (χ4n) is 5.24. The molecule has 1 aromatic heterocycles. The minimum absolute atomic E-state index is 0.0642. The van der Waals surface area contributed by atoms with E-state index in [4.69, 9.17) is 18.9 Å². The van der Waals surface area contributed by atoms with Gasteiger partial charge in [0, 0.05) is 6.07 Å². The minimum atomic E-state index is -0.660. The van der Waals surface area contributed by atoms with E-state index in [1.54, 1.807) is 23.0 Å². The summed E-state index contributed by atoms with van der Waals surface area (Å²) in [7, 11) is 0. The highest BCUT2D eigenvalue weighted by Crippen LogP contribution is 2.38. The Morgan fingerprint density at radius 2 is 1.31 bits per heavy atom. The average Bonchev–Trinajstić information content (AvgIpc) is 3.61. The molecule has 0 N–H and O–H groups in total. The number of rotatable bonds is 12. The van der Waals surface area contributed by atoms with Gasteiger partial charge >= 0.3 is 0 Å². The van der Waals surface area contributed by atoms with Gasteiger partial charge in [0.1, 0.15) is 18.3 Å². The van der Waals surface area contributed by atoms with Crippen LogP contribution in [-0.2, 0) is 38.8 Å². The second kappa shape index (κ2) is 13.1. The van der Waals surface area contributed by atoms with E-state index in [1.165, 1.54) is 6.07 Å². The molecule has 4 aromatic carbocycles. The van der Waals surface area contributed by atoms with Gasteiger partial charge in [-0.15, -0.1) is 0 Å². The van der Waals surface area contributed by atoms with Gasteiger partial charge in [-0.3, -0.25) is 10.1 Å². The van der Waals surface area contributed by atoms with Crippen LogP contribution >= 0.6 is 0 Å². The van der Waals surface area contributed by atoms with Gasteiger partial charge in [-0.1, -0.05) is 97.1 Å². The zero-order valence-electron chi connectivity index (χ0n) is 22.9. The predicted octanol–water partition coefficient (Wildman–Crippen LogP) is 6.23. The van der Waals surface area contributed by atoms with Gasteiger partial charge in [-0.2, -0.15) is 0 Å². The van der Waals surface area contributed by atoms with E-state index in [2.05, 4.69) is 4.98 Å². The highest BCUT2D eigenvalue weighted by Gasteiger charge is 2.48. The molecule has 1 aliphatic rings. The van der Waals surface area contributed by atoms with Crippen molar-refractivity contribution in [3.05, 3.63) is 142 Å². The Bertz CT molecular complexity index is 1600. The van der Waals surface area contributed by atoms with Gasteiger partial charge in [0.25, 0.3) is 5.69 Å². The summed E-state index contributed by atoms with van der Waals surface area (Å²) in [5.74, 6) is 0. The van der Waals surface area contributed by atoms with Crippen LogP contribution in [0.15, 0.2) is 116 Å². The summed E-state index contributed by atoms with van der Waals surface area (Å²) >= 11 is 0. The van der Waals surface area contributed by atoms with Crippen LogP contribution in [0.3, 0.4) is 0 Å². The number of aromatic nitrogens is 2. The van der Waals surface area contributed by atoms with Crippen molar-refractivity contribution < 1.29 is 23.9 Å². The number of hydrogen-bond acceptors (Lipinski definition) is 7. The summed E-state index contributed by atoms with van der Waals surface area (Å²) < 4.78 is 27.7.